The monoisotopic (exact) mass is 388 g/mol. The molecule has 1 aromatic carbocycles. The molecule has 0 unspecified atom stereocenters. The molecule has 2 aromatic rings. The number of ether oxygens (including phenoxy) is 2. The number of hydrogen-bond donors (Lipinski definition) is 0. The summed E-state index contributed by atoms with van der Waals surface area (Å²) in [6.45, 7) is 6.59. The summed E-state index contributed by atoms with van der Waals surface area (Å²) in [5.74, 6) is 0. The molecule has 27 heavy (non-hydrogen) atoms. The summed E-state index contributed by atoms with van der Waals surface area (Å²) < 4.78 is 10.9. The number of thiophene rings is 1. The number of carbonyl (C=O) groups excluding carboxylic acids is 2. The van der Waals surface area contributed by atoms with Crippen LogP contribution in [0.25, 0.3) is 0 Å². The van der Waals surface area contributed by atoms with Crippen molar-refractivity contribution in [1.29, 1.82) is 0 Å². The van der Waals surface area contributed by atoms with Gasteiger partial charge in [0.15, 0.2) is 0 Å². The van der Waals surface area contributed by atoms with Gasteiger partial charge < -0.3 is 14.4 Å². The topological polar surface area (TPSA) is 59.1 Å². The van der Waals surface area contributed by atoms with Crippen molar-refractivity contribution < 1.29 is 19.1 Å². The van der Waals surface area contributed by atoms with E-state index < -0.39 is 11.7 Å². The van der Waals surface area contributed by atoms with E-state index in [0.717, 1.165) is 11.3 Å². The Bertz CT molecular complexity index is 765. The summed E-state index contributed by atoms with van der Waals surface area (Å²) in [6, 6.07) is 11.3. The van der Waals surface area contributed by atoms with Crippen molar-refractivity contribution in [3.63, 3.8) is 0 Å². The van der Waals surface area contributed by atoms with Crippen LogP contribution in [0.3, 0.4) is 0 Å². The van der Waals surface area contributed by atoms with Crippen LogP contribution in [0.2, 0.25) is 0 Å². The highest BCUT2D eigenvalue weighted by molar-refractivity contribution is 7.08. The molecule has 0 bridgehead atoms. The molecule has 1 aromatic heterocycles. The van der Waals surface area contributed by atoms with E-state index in [1.165, 1.54) is 11.3 Å². The number of carbonyl (C=O) groups is 2. The van der Waals surface area contributed by atoms with E-state index in [0.29, 0.717) is 13.1 Å². The van der Waals surface area contributed by atoms with Crippen molar-refractivity contribution in [2.45, 2.75) is 39.0 Å². The van der Waals surface area contributed by atoms with Crippen LogP contribution in [-0.2, 0) is 16.1 Å². The van der Waals surface area contributed by atoms with Crippen LogP contribution in [0.5, 0.6) is 0 Å². The highest BCUT2D eigenvalue weighted by Crippen LogP contribution is 2.27. The SMILES string of the molecule is CC(C)(C)OC(=O)N(c1ccsc1)C1CN(C(=O)OCc2ccccc2)C1. The van der Waals surface area contributed by atoms with Gasteiger partial charge in [0.2, 0.25) is 0 Å². The van der Waals surface area contributed by atoms with Gasteiger partial charge in [-0.15, -0.1) is 0 Å². The Morgan fingerprint density at radius 3 is 2.48 bits per heavy atom. The Hall–Kier alpha value is -2.54. The third-order valence-electron chi connectivity index (χ3n) is 4.07. The minimum absolute atomic E-state index is 0.126. The van der Waals surface area contributed by atoms with Crippen molar-refractivity contribution in [3.05, 3.63) is 52.7 Å². The molecule has 0 spiro atoms. The van der Waals surface area contributed by atoms with Gasteiger partial charge in [0, 0.05) is 18.5 Å². The average Bonchev–Trinajstić information content (AvgIpc) is 3.08. The van der Waals surface area contributed by atoms with E-state index in [9.17, 15) is 9.59 Å². The highest BCUT2D eigenvalue weighted by atomic mass is 32.1. The van der Waals surface area contributed by atoms with E-state index in [1.54, 1.807) is 9.80 Å². The molecule has 144 valence electrons. The van der Waals surface area contributed by atoms with Gasteiger partial charge >= 0.3 is 12.2 Å². The maximum atomic E-state index is 12.7. The predicted molar refractivity (Wildman–Crippen MR) is 105 cm³/mol. The van der Waals surface area contributed by atoms with Crippen LogP contribution in [0.4, 0.5) is 15.3 Å². The number of nitrogens with zero attached hydrogens (tertiary/aromatic N) is 2. The Kier molecular flexibility index (Phi) is 5.70. The molecular formula is C20H24N2O4S. The van der Waals surface area contributed by atoms with E-state index in [-0.39, 0.29) is 18.7 Å². The summed E-state index contributed by atoms with van der Waals surface area (Å²) in [7, 11) is 0. The number of likely N-dealkylation sites (tertiary alicyclic amines) is 1. The number of rotatable bonds is 4. The van der Waals surface area contributed by atoms with Crippen LogP contribution >= 0.6 is 11.3 Å². The summed E-state index contributed by atoms with van der Waals surface area (Å²) in [4.78, 5) is 28.1. The lowest BCUT2D eigenvalue weighted by molar-refractivity contribution is 0.0434. The quantitative estimate of drug-likeness (QED) is 0.773. The molecule has 6 nitrogen and oxygen atoms in total. The molecule has 1 aliphatic heterocycles. The molecule has 2 heterocycles. The lowest BCUT2D eigenvalue weighted by Gasteiger charge is -2.44. The molecule has 0 atom stereocenters. The zero-order valence-electron chi connectivity index (χ0n) is 15.8. The Morgan fingerprint density at radius 2 is 1.89 bits per heavy atom. The molecule has 2 amide bonds. The first-order chi connectivity index (χ1) is 12.8. The fraction of sp³-hybridized carbons (Fsp3) is 0.400. The first-order valence-corrected chi connectivity index (χ1v) is 9.78. The van der Waals surface area contributed by atoms with Crippen molar-refractivity contribution in [2.75, 3.05) is 18.0 Å². The summed E-state index contributed by atoms with van der Waals surface area (Å²) in [5.41, 5.74) is 1.15. The molecule has 0 saturated carbocycles. The molecule has 1 fully saturated rings. The maximum absolute atomic E-state index is 12.7. The highest BCUT2D eigenvalue weighted by Gasteiger charge is 2.40. The van der Waals surface area contributed by atoms with Crippen LogP contribution in [0.1, 0.15) is 26.3 Å². The first kappa shape index (κ1) is 19.2. The number of benzene rings is 1. The zero-order valence-corrected chi connectivity index (χ0v) is 16.6. The van der Waals surface area contributed by atoms with E-state index in [1.807, 2.05) is 67.9 Å². The van der Waals surface area contributed by atoms with Gasteiger partial charge in [-0.3, -0.25) is 4.90 Å². The van der Waals surface area contributed by atoms with Gasteiger partial charge in [-0.1, -0.05) is 30.3 Å². The second kappa shape index (κ2) is 8.00. The standard InChI is InChI=1S/C20H24N2O4S/c1-20(2,3)26-19(24)22(16-9-10-27-14-16)17-11-21(12-17)18(23)25-13-15-7-5-4-6-8-15/h4-10,14,17H,11-13H2,1-3H3. The Balaban J connectivity index is 1.57. The average molecular weight is 388 g/mol. The van der Waals surface area contributed by atoms with Crippen molar-refractivity contribution in [3.8, 4) is 0 Å². The predicted octanol–water partition coefficient (Wildman–Crippen LogP) is 4.51. The largest absolute Gasteiger partial charge is 0.445 e. The van der Waals surface area contributed by atoms with Gasteiger partial charge in [-0.25, -0.2) is 9.59 Å². The van der Waals surface area contributed by atoms with Gasteiger partial charge in [-0.2, -0.15) is 11.3 Å². The number of hydrogen-bond acceptors (Lipinski definition) is 5. The molecule has 0 N–H and O–H groups in total. The Morgan fingerprint density at radius 1 is 1.19 bits per heavy atom. The van der Waals surface area contributed by atoms with Crippen molar-refractivity contribution in [2.24, 2.45) is 0 Å². The normalized spacial score (nSPS) is 14.4. The van der Waals surface area contributed by atoms with Gasteiger partial charge in [0.05, 0.1) is 11.7 Å². The minimum atomic E-state index is -0.580. The molecule has 1 aliphatic rings. The molecule has 0 aliphatic carbocycles. The van der Waals surface area contributed by atoms with Crippen LogP contribution in [-0.4, -0.2) is 41.8 Å². The number of amides is 2. The van der Waals surface area contributed by atoms with Gasteiger partial charge in [0.1, 0.15) is 12.2 Å². The smallest absolute Gasteiger partial charge is 0.415 e. The van der Waals surface area contributed by atoms with E-state index in [4.69, 9.17) is 9.47 Å². The lowest BCUT2D eigenvalue weighted by Crippen LogP contribution is -2.63. The van der Waals surface area contributed by atoms with Crippen LogP contribution in [0.15, 0.2) is 47.2 Å². The van der Waals surface area contributed by atoms with Crippen molar-refractivity contribution in [1.82, 2.24) is 4.90 Å². The van der Waals surface area contributed by atoms with E-state index in [2.05, 4.69) is 0 Å². The second-order valence-electron chi connectivity index (χ2n) is 7.43. The van der Waals surface area contributed by atoms with E-state index >= 15 is 0 Å². The molecule has 3 rings (SSSR count). The summed E-state index contributed by atoms with van der Waals surface area (Å²) in [5, 5.41) is 3.82. The molecule has 0 radical (unpaired) electrons. The Labute approximate surface area is 163 Å². The molecule has 1 saturated heterocycles. The molecule has 7 heteroatoms. The zero-order chi connectivity index (χ0) is 19.4. The van der Waals surface area contributed by atoms with Gasteiger partial charge in [0.25, 0.3) is 0 Å². The maximum Gasteiger partial charge on any atom is 0.415 e. The third kappa shape index (κ3) is 5.01. The fourth-order valence-corrected chi connectivity index (χ4v) is 3.38. The van der Waals surface area contributed by atoms with Crippen LogP contribution in [0, 0.1) is 0 Å². The lowest BCUT2D eigenvalue weighted by atomic mass is 10.1. The molecular weight excluding hydrogens is 364 g/mol. The van der Waals surface area contributed by atoms with Crippen molar-refractivity contribution >= 4 is 29.2 Å². The first-order valence-electron chi connectivity index (χ1n) is 8.83. The summed E-state index contributed by atoms with van der Waals surface area (Å²) >= 11 is 1.51. The fourth-order valence-electron chi connectivity index (χ4n) is 2.75. The minimum Gasteiger partial charge on any atom is -0.445 e. The van der Waals surface area contributed by atoms with Crippen LogP contribution < -0.4 is 4.90 Å². The second-order valence-corrected chi connectivity index (χ2v) is 8.21. The van der Waals surface area contributed by atoms with Gasteiger partial charge in [-0.05, 0) is 37.8 Å². The summed E-state index contributed by atoms with van der Waals surface area (Å²) in [6.07, 6.45) is -0.771. The third-order valence-corrected chi connectivity index (χ3v) is 4.74. The number of anilines is 1.